The minimum atomic E-state index is -0.741. The summed E-state index contributed by atoms with van der Waals surface area (Å²) in [5.74, 6) is -0.653. The SMILES string of the molecule is CCOC(=O)C1=CSC(=C(C#N)C(=O)OCC)N1c1ccc(OC)cc1. The number of rotatable bonds is 6. The van der Waals surface area contributed by atoms with E-state index in [1.54, 1.807) is 50.6 Å². The number of nitrogens with zero attached hydrogens (tertiary/aromatic N) is 2. The summed E-state index contributed by atoms with van der Waals surface area (Å²) in [6.07, 6.45) is 0. The van der Waals surface area contributed by atoms with Gasteiger partial charge in [0.05, 0.1) is 20.3 Å². The summed E-state index contributed by atoms with van der Waals surface area (Å²) in [5.41, 5.74) is 0.624. The Morgan fingerprint density at radius 3 is 2.35 bits per heavy atom. The lowest BCUT2D eigenvalue weighted by molar-refractivity contribution is -0.139. The molecule has 1 aromatic carbocycles. The predicted octanol–water partition coefficient (Wildman–Crippen LogP) is 2.95. The van der Waals surface area contributed by atoms with E-state index in [-0.39, 0.29) is 24.5 Å². The smallest absolute Gasteiger partial charge is 0.355 e. The molecule has 0 amide bonds. The van der Waals surface area contributed by atoms with Crippen molar-refractivity contribution in [3.8, 4) is 11.8 Å². The van der Waals surface area contributed by atoms with Crippen molar-refractivity contribution in [1.29, 1.82) is 5.26 Å². The first-order chi connectivity index (χ1) is 12.6. The van der Waals surface area contributed by atoms with E-state index < -0.39 is 11.9 Å². The van der Waals surface area contributed by atoms with Crippen molar-refractivity contribution < 1.29 is 23.8 Å². The van der Waals surface area contributed by atoms with Gasteiger partial charge in [-0.05, 0) is 38.1 Å². The van der Waals surface area contributed by atoms with Crippen LogP contribution in [0.4, 0.5) is 5.69 Å². The highest BCUT2D eigenvalue weighted by Gasteiger charge is 2.33. The maximum Gasteiger partial charge on any atom is 0.355 e. The number of carbonyl (C=O) groups excluding carboxylic acids is 2. The summed E-state index contributed by atoms with van der Waals surface area (Å²) < 4.78 is 15.2. The summed E-state index contributed by atoms with van der Waals surface area (Å²) in [6.45, 7) is 3.71. The summed E-state index contributed by atoms with van der Waals surface area (Å²) in [5, 5.41) is 11.3. The molecule has 0 saturated heterocycles. The number of esters is 2. The zero-order valence-corrected chi connectivity index (χ0v) is 15.5. The summed E-state index contributed by atoms with van der Waals surface area (Å²) in [6, 6.07) is 8.75. The average Bonchev–Trinajstić information content (AvgIpc) is 3.07. The van der Waals surface area contributed by atoms with E-state index in [0.29, 0.717) is 16.5 Å². The van der Waals surface area contributed by atoms with E-state index in [0.717, 1.165) is 11.8 Å². The molecule has 1 aliphatic rings. The number of methoxy groups -OCH3 is 1. The summed E-state index contributed by atoms with van der Waals surface area (Å²) in [7, 11) is 1.55. The molecule has 0 saturated carbocycles. The molecule has 0 radical (unpaired) electrons. The Balaban J connectivity index is 2.53. The molecule has 26 heavy (non-hydrogen) atoms. The summed E-state index contributed by atoms with van der Waals surface area (Å²) >= 11 is 1.09. The molecule has 8 heteroatoms. The van der Waals surface area contributed by atoms with E-state index in [1.807, 2.05) is 6.07 Å². The molecular weight excluding hydrogens is 356 g/mol. The number of carbonyl (C=O) groups is 2. The molecule has 0 aliphatic carbocycles. The molecule has 2 rings (SSSR count). The Bertz CT molecular complexity index is 793. The minimum Gasteiger partial charge on any atom is -0.497 e. The second-order valence-electron chi connectivity index (χ2n) is 4.89. The fourth-order valence-corrected chi connectivity index (χ4v) is 3.19. The van der Waals surface area contributed by atoms with Gasteiger partial charge in [0, 0.05) is 11.1 Å². The maximum atomic E-state index is 12.3. The van der Waals surface area contributed by atoms with Crippen LogP contribution in [-0.2, 0) is 19.1 Å². The van der Waals surface area contributed by atoms with Gasteiger partial charge in [-0.3, -0.25) is 4.90 Å². The van der Waals surface area contributed by atoms with Crippen molar-refractivity contribution in [3.05, 3.63) is 46.0 Å². The van der Waals surface area contributed by atoms with Crippen LogP contribution in [-0.4, -0.2) is 32.3 Å². The molecule has 0 aromatic heterocycles. The van der Waals surface area contributed by atoms with Crippen LogP contribution in [0.1, 0.15) is 13.8 Å². The fraction of sp³-hybridized carbons (Fsp3) is 0.278. The van der Waals surface area contributed by atoms with Gasteiger partial charge in [-0.15, -0.1) is 0 Å². The molecule has 136 valence electrons. The number of hydrogen-bond acceptors (Lipinski definition) is 8. The van der Waals surface area contributed by atoms with E-state index in [4.69, 9.17) is 14.2 Å². The van der Waals surface area contributed by atoms with Crippen molar-refractivity contribution in [2.45, 2.75) is 13.8 Å². The number of ether oxygens (including phenoxy) is 3. The standard InChI is InChI=1S/C18H18N2O5S/c1-4-24-17(21)14(10-19)16-20(12-6-8-13(23-3)9-7-12)15(11-26-16)18(22)25-5-2/h6-9,11H,4-5H2,1-3H3. The lowest BCUT2D eigenvalue weighted by Crippen LogP contribution is -2.26. The number of thioether (sulfide) groups is 1. The number of hydrogen-bond donors (Lipinski definition) is 0. The first kappa shape index (κ1) is 19.4. The first-order valence-corrected chi connectivity index (χ1v) is 8.74. The Kier molecular flexibility index (Phi) is 6.69. The van der Waals surface area contributed by atoms with Gasteiger partial charge in [-0.2, -0.15) is 5.26 Å². The second kappa shape index (κ2) is 8.97. The molecule has 1 aromatic rings. The second-order valence-corrected chi connectivity index (χ2v) is 5.75. The lowest BCUT2D eigenvalue weighted by Gasteiger charge is -2.23. The third kappa shape index (κ3) is 4.00. The Morgan fingerprint density at radius 1 is 1.15 bits per heavy atom. The van der Waals surface area contributed by atoms with E-state index in [9.17, 15) is 14.9 Å². The monoisotopic (exact) mass is 374 g/mol. The van der Waals surface area contributed by atoms with Crippen LogP contribution in [0.25, 0.3) is 0 Å². The molecule has 1 heterocycles. The first-order valence-electron chi connectivity index (χ1n) is 7.86. The van der Waals surface area contributed by atoms with Gasteiger partial charge in [-0.1, -0.05) is 11.8 Å². The van der Waals surface area contributed by atoms with Gasteiger partial charge in [-0.25, -0.2) is 9.59 Å². The van der Waals surface area contributed by atoms with Gasteiger partial charge in [0.15, 0.2) is 5.57 Å². The Morgan fingerprint density at radius 2 is 1.81 bits per heavy atom. The van der Waals surface area contributed by atoms with Crippen molar-refractivity contribution in [2.75, 3.05) is 25.2 Å². The van der Waals surface area contributed by atoms with E-state index in [2.05, 4.69) is 0 Å². The van der Waals surface area contributed by atoms with Gasteiger partial charge in [0.1, 0.15) is 22.5 Å². The van der Waals surface area contributed by atoms with Crippen LogP contribution in [0.15, 0.2) is 46.0 Å². The van der Waals surface area contributed by atoms with Gasteiger partial charge < -0.3 is 14.2 Å². The van der Waals surface area contributed by atoms with Crippen LogP contribution in [0, 0.1) is 11.3 Å². The third-order valence-corrected chi connectivity index (χ3v) is 4.30. The zero-order valence-electron chi connectivity index (χ0n) is 14.6. The normalized spacial score (nSPS) is 15.0. The van der Waals surface area contributed by atoms with Crippen LogP contribution in [0.3, 0.4) is 0 Å². The largest absolute Gasteiger partial charge is 0.497 e. The number of benzene rings is 1. The highest BCUT2D eigenvalue weighted by atomic mass is 32.2. The molecule has 0 bridgehead atoms. The number of anilines is 1. The molecule has 0 fully saturated rings. The fourth-order valence-electron chi connectivity index (χ4n) is 2.21. The molecule has 0 atom stereocenters. The Labute approximate surface area is 155 Å². The minimum absolute atomic E-state index is 0.142. The van der Waals surface area contributed by atoms with E-state index in [1.165, 1.54) is 4.90 Å². The molecule has 0 N–H and O–H groups in total. The van der Waals surface area contributed by atoms with Crippen LogP contribution in [0.5, 0.6) is 5.75 Å². The van der Waals surface area contributed by atoms with Crippen molar-refractivity contribution >= 4 is 29.4 Å². The number of nitriles is 1. The van der Waals surface area contributed by atoms with E-state index >= 15 is 0 Å². The Hall–Kier alpha value is -2.92. The third-order valence-electron chi connectivity index (χ3n) is 3.35. The average molecular weight is 374 g/mol. The van der Waals surface area contributed by atoms with Crippen LogP contribution >= 0.6 is 11.8 Å². The summed E-state index contributed by atoms with van der Waals surface area (Å²) in [4.78, 5) is 26.0. The van der Waals surface area contributed by atoms with Crippen molar-refractivity contribution in [1.82, 2.24) is 0 Å². The zero-order chi connectivity index (χ0) is 19.1. The quantitative estimate of drug-likeness (QED) is 0.427. The van der Waals surface area contributed by atoms with Crippen molar-refractivity contribution in [3.63, 3.8) is 0 Å². The predicted molar refractivity (Wildman–Crippen MR) is 97.1 cm³/mol. The molecule has 1 aliphatic heterocycles. The molecule has 7 nitrogen and oxygen atoms in total. The van der Waals surface area contributed by atoms with Gasteiger partial charge >= 0.3 is 11.9 Å². The topological polar surface area (TPSA) is 88.9 Å². The van der Waals surface area contributed by atoms with Crippen LogP contribution in [0.2, 0.25) is 0 Å². The van der Waals surface area contributed by atoms with Gasteiger partial charge in [0.25, 0.3) is 0 Å². The molecule has 0 unspecified atom stereocenters. The maximum absolute atomic E-state index is 12.3. The van der Waals surface area contributed by atoms with Gasteiger partial charge in [0.2, 0.25) is 0 Å². The highest BCUT2D eigenvalue weighted by Crippen LogP contribution is 2.41. The molecule has 0 spiro atoms. The molecular formula is C18H18N2O5S. The van der Waals surface area contributed by atoms with Crippen molar-refractivity contribution in [2.24, 2.45) is 0 Å². The van der Waals surface area contributed by atoms with Crippen LogP contribution < -0.4 is 9.64 Å². The highest BCUT2D eigenvalue weighted by molar-refractivity contribution is 8.06. The lowest BCUT2D eigenvalue weighted by atomic mass is 10.2.